The van der Waals surface area contributed by atoms with Crippen LogP contribution in [0.3, 0.4) is 0 Å². The number of benzene rings is 1. The number of aliphatic imine (C=N–C) groups is 1. The molecule has 0 saturated carbocycles. The molecule has 1 aromatic carbocycles. The van der Waals surface area contributed by atoms with Crippen molar-refractivity contribution in [3.63, 3.8) is 0 Å². The average molecular weight is 519 g/mol. The maximum absolute atomic E-state index is 5.25. The van der Waals surface area contributed by atoms with E-state index in [0.717, 1.165) is 46.9 Å². The molecule has 5 nitrogen and oxygen atoms in total. The predicted octanol–water partition coefficient (Wildman–Crippen LogP) is 3.77. The number of halogens is 2. The van der Waals surface area contributed by atoms with Gasteiger partial charge in [0.2, 0.25) is 0 Å². The highest BCUT2D eigenvalue weighted by molar-refractivity contribution is 14.0. The first-order valence-electron chi connectivity index (χ1n) is 7.97. The van der Waals surface area contributed by atoms with E-state index >= 15 is 0 Å². The maximum atomic E-state index is 5.25. The van der Waals surface area contributed by atoms with Gasteiger partial charge in [-0.15, -0.1) is 24.0 Å². The summed E-state index contributed by atoms with van der Waals surface area (Å²) < 4.78 is 6.18. The summed E-state index contributed by atoms with van der Waals surface area (Å²) in [6.07, 6.45) is 2.68. The van der Waals surface area contributed by atoms with Crippen molar-refractivity contribution in [2.45, 2.75) is 19.9 Å². The molecule has 0 aliphatic heterocycles. The third-order valence-corrected chi connectivity index (χ3v) is 4.00. The quantitative estimate of drug-likeness (QED) is 0.333. The van der Waals surface area contributed by atoms with E-state index in [1.807, 2.05) is 42.6 Å². The van der Waals surface area contributed by atoms with E-state index in [1.54, 1.807) is 7.11 Å². The molecule has 0 spiro atoms. The predicted molar refractivity (Wildman–Crippen MR) is 117 cm³/mol. The molecular weight excluding hydrogens is 495 g/mol. The van der Waals surface area contributed by atoms with Crippen LogP contribution in [0.4, 0.5) is 0 Å². The molecule has 0 saturated heterocycles. The van der Waals surface area contributed by atoms with Crippen molar-refractivity contribution >= 4 is 45.9 Å². The van der Waals surface area contributed by atoms with Gasteiger partial charge in [-0.3, -0.25) is 4.98 Å². The summed E-state index contributed by atoms with van der Waals surface area (Å²) in [4.78, 5) is 8.95. The van der Waals surface area contributed by atoms with Crippen LogP contribution in [0.5, 0.6) is 5.75 Å². The fourth-order valence-electron chi connectivity index (χ4n) is 2.18. The number of hydrogen-bond acceptors (Lipinski definition) is 3. The van der Waals surface area contributed by atoms with E-state index in [0.29, 0.717) is 6.54 Å². The van der Waals surface area contributed by atoms with Crippen LogP contribution in [-0.4, -0.2) is 31.1 Å². The molecule has 0 atom stereocenters. The van der Waals surface area contributed by atoms with E-state index in [2.05, 4.69) is 43.5 Å². The molecule has 2 aromatic rings. The summed E-state index contributed by atoms with van der Waals surface area (Å²) >= 11 is 3.50. The van der Waals surface area contributed by atoms with Crippen molar-refractivity contribution in [1.82, 2.24) is 15.6 Å². The highest BCUT2D eigenvalue weighted by Gasteiger charge is 2.02. The van der Waals surface area contributed by atoms with Gasteiger partial charge in [-0.1, -0.05) is 12.1 Å². The number of nitrogens with zero attached hydrogens (tertiary/aromatic N) is 2. The highest BCUT2D eigenvalue weighted by atomic mass is 127. The van der Waals surface area contributed by atoms with Crippen molar-refractivity contribution in [3.8, 4) is 5.75 Å². The molecule has 0 amide bonds. The van der Waals surface area contributed by atoms with Crippen LogP contribution in [-0.2, 0) is 13.0 Å². The lowest BCUT2D eigenvalue weighted by Gasteiger charge is -2.11. The first kappa shape index (κ1) is 21.7. The number of methoxy groups -OCH3 is 1. The standard InChI is InChI=1S/C18H23BrN4O.HI/c1-3-20-18(22-11-9-15-6-4-5-10-21-15)23-13-14-7-8-17(24-2)16(19)12-14;/h4-8,10,12H,3,9,11,13H2,1-2H3,(H2,20,22,23);1H. The molecule has 7 heteroatoms. The van der Waals surface area contributed by atoms with Crippen LogP contribution in [0, 0.1) is 0 Å². The molecule has 1 aromatic heterocycles. The minimum atomic E-state index is 0. The Morgan fingerprint density at radius 2 is 2.08 bits per heavy atom. The zero-order valence-electron chi connectivity index (χ0n) is 14.5. The molecule has 2 rings (SSSR count). The fourth-order valence-corrected chi connectivity index (χ4v) is 2.76. The highest BCUT2D eigenvalue weighted by Crippen LogP contribution is 2.25. The Balaban J connectivity index is 0.00000312. The van der Waals surface area contributed by atoms with Crippen molar-refractivity contribution in [2.75, 3.05) is 20.2 Å². The first-order valence-corrected chi connectivity index (χ1v) is 8.76. The normalized spacial score (nSPS) is 10.8. The van der Waals surface area contributed by atoms with Crippen LogP contribution >= 0.6 is 39.9 Å². The van der Waals surface area contributed by atoms with E-state index in [9.17, 15) is 0 Å². The topological polar surface area (TPSA) is 58.5 Å². The molecule has 0 aliphatic rings. The SMILES string of the molecule is CCNC(=NCc1ccc(OC)c(Br)c1)NCCc1ccccn1.I. The smallest absolute Gasteiger partial charge is 0.191 e. The minimum absolute atomic E-state index is 0. The van der Waals surface area contributed by atoms with Crippen molar-refractivity contribution in [3.05, 3.63) is 58.3 Å². The summed E-state index contributed by atoms with van der Waals surface area (Å²) in [5.74, 6) is 1.63. The fraction of sp³-hybridized carbons (Fsp3) is 0.333. The number of hydrogen-bond donors (Lipinski definition) is 2. The Kier molecular flexibility index (Phi) is 10.5. The van der Waals surface area contributed by atoms with Gasteiger partial charge in [-0.25, -0.2) is 4.99 Å². The van der Waals surface area contributed by atoms with Gasteiger partial charge < -0.3 is 15.4 Å². The number of ether oxygens (including phenoxy) is 1. The second kappa shape index (κ2) is 12.1. The number of rotatable bonds is 7. The number of pyridine rings is 1. The van der Waals surface area contributed by atoms with Crippen molar-refractivity contribution < 1.29 is 4.74 Å². The van der Waals surface area contributed by atoms with Gasteiger partial charge in [-0.2, -0.15) is 0 Å². The van der Waals surface area contributed by atoms with Crippen LogP contribution in [0.1, 0.15) is 18.2 Å². The maximum Gasteiger partial charge on any atom is 0.191 e. The van der Waals surface area contributed by atoms with Crippen LogP contribution < -0.4 is 15.4 Å². The lowest BCUT2D eigenvalue weighted by Crippen LogP contribution is -2.38. The second-order valence-corrected chi connectivity index (χ2v) is 6.02. The zero-order valence-corrected chi connectivity index (χ0v) is 18.4. The van der Waals surface area contributed by atoms with Gasteiger partial charge in [0.25, 0.3) is 0 Å². The number of nitrogens with one attached hydrogen (secondary N) is 2. The van der Waals surface area contributed by atoms with E-state index in [1.165, 1.54) is 0 Å². The third-order valence-electron chi connectivity index (χ3n) is 3.38. The van der Waals surface area contributed by atoms with Gasteiger partial charge >= 0.3 is 0 Å². The molecular formula is C18H24BrIN4O. The summed E-state index contributed by atoms with van der Waals surface area (Å²) in [5, 5.41) is 6.60. The molecule has 2 N–H and O–H groups in total. The molecule has 0 bridgehead atoms. The second-order valence-electron chi connectivity index (χ2n) is 5.16. The number of aromatic nitrogens is 1. The molecule has 0 radical (unpaired) electrons. The molecule has 1 heterocycles. The molecule has 0 aliphatic carbocycles. The molecule has 0 fully saturated rings. The van der Waals surface area contributed by atoms with E-state index in [4.69, 9.17) is 4.74 Å². The van der Waals surface area contributed by atoms with E-state index in [-0.39, 0.29) is 24.0 Å². The Hall–Kier alpha value is -1.35. The Labute approximate surface area is 174 Å². The van der Waals surface area contributed by atoms with Crippen molar-refractivity contribution in [1.29, 1.82) is 0 Å². The Bertz CT molecular complexity index is 667. The zero-order chi connectivity index (χ0) is 17.2. The van der Waals surface area contributed by atoms with Gasteiger partial charge in [0.15, 0.2) is 5.96 Å². The lowest BCUT2D eigenvalue weighted by atomic mass is 10.2. The van der Waals surface area contributed by atoms with Gasteiger partial charge in [0, 0.05) is 31.4 Å². The molecule has 0 unspecified atom stereocenters. The first-order chi connectivity index (χ1) is 11.7. The molecule has 136 valence electrons. The Morgan fingerprint density at radius 1 is 1.24 bits per heavy atom. The average Bonchev–Trinajstić information content (AvgIpc) is 2.60. The Morgan fingerprint density at radius 3 is 2.72 bits per heavy atom. The lowest BCUT2D eigenvalue weighted by molar-refractivity contribution is 0.412. The summed E-state index contributed by atoms with van der Waals surface area (Å²) in [7, 11) is 1.66. The monoisotopic (exact) mass is 518 g/mol. The van der Waals surface area contributed by atoms with Crippen LogP contribution in [0.2, 0.25) is 0 Å². The van der Waals surface area contributed by atoms with Gasteiger partial charge in [-0.05, 0) is 52.7 Å². The summed E-state index contributed by atoms with van der Waals surface area (Å²) in [6, 6.07) is 11.9. The summed E-state index contributed by atoms with van der Waals surface area (Å²) in [6.45, 7) is 4.26. The minimum Gasteiger partial charge on any atom is -0.496 e. The summed E-state index contributed by atoms with van der Waals surface area (Å²) in [5.41, 5.74) is 2.18. The van der Waals surface area contributed by atoms with E-state index < -0.39 is 0 Å². The van der Waals surface area contributed by atoms with Gasteiger partial charge in [0.05, 0.1) is 18.1 Å². The van der Waals surface area contributed by atoms with Crippen molar-refractivity contribution in [2.24, 2.45) is 4.99 Å². The van der Waals surface area contributed by atoms with Crippen LogP contribution in [0.15, 0.2) is 52.1 Å². The van der Waals surface area contributed by atoms with Gasteiger partial charge in [0.1, 0.15) is 5.75 Å². The number of guanidine groups is 1. The van der Waals surface area contributed by atoms with Crippen LogP contribution in [0.25, 0.3) is 0 Å². The third kappa shape index (κ3) is 7.60. The largest absolute Gasteiger partial charge is 0.496 e. The molecule has 25 heavy (non-hydrogen) atoms.